The third-order valence-corrected chi connectivity index (χ3v) is 3.02. The minimum absolute atomic E-state index is 0.303. The van der Waals surface area contributed by atoms with Crippen molar-refractivity contribution in [3.05, 3.63) is 46.4 Å². The smallest absolute Gasteiger partial charge is 0.159 e. The van der Waals surface area contributed by atoms with E-state index in [1.54, 1.807) is 6.20 Å². The predicted molar refractivity (Wildman–Crippen MR) is 77.1 cm³/mol. The number of halogens is 2. The van der Waals surface area contributed by atoms with Crippen molar-refractivity contribution in [2.75, 3.05) is 6.54 Å². The van der Waals surface area contributed by atoms with Crippen molar-refractivity contribution in [1.29, 1.82) is 0 Å². The van der Waals surface area contributed by atoms with Crippen LogP contribution < -0.4 is 5.32 Å². The van der Waals surface area contributed by atoms with Crippen molar-refractivity contribution in [1.82, 2.24) is 15.3 Å². The largest absolute Gasteiger partial charge is 0.311 e. The van der Waals surface area contributed by atoms with Crippen LogP contribution >= 0.6 is 15.9 Å². The first-order chi connectivity index (χ1) is 9.19. The molecule has 19 heavy (non-hydrogen) atoms. The standard InChI is InChI=1S/C14H15BrFN3/c1-2-4-17-9-13-3-5-18-14(19-13)10-6-11(15)8-12(16)7-10/h3,5-8,17H,2,4,9H2,1H3. The molecule has 5 heteroatoms. The van der Waals surface area contributed by atoms with Gasteiger partial charge in [-0.1, -0.05) is 22.9 Å². The summed E-state index contributed by atoms with van der Waals surface area (Å²) in [5, 5.41) is 3.28. The first-order valence-electron chi connectivity index (χ1n) is 6.18. The Labute approximate surface area is 120 Å². The van der Waals surface area contributed by atoms with Gasteiger partial charge >= 0.3 is 0 Å². The lowest BCUT2D eigenvalue weighted by atomic mass is 10.2. The van der Waals surface area contributed by atoms with Crippen LogP contribution in [-0.2, 0) is 6.54 Å². The molecule has 0 saturated heterocycles. The highest BCUT2D eigenvalue weighted by molar-refractivity contribution is 9.10. The van der Waals surface area contributed by atoms with Crippen LogP contribution in [0.2, 0.25) is 0 Å². The van der Waals surface area contributed by atoms with Crippen LogP contribution in [0.3, 0.4) is 0 Å². The van der Waals surface area contributed by atoms with Crippen molar-refractivity contribution >= 4 is 15.9 Å². The molecule has 1 aromatic carbocycles. The Balaban J connectivity index is 2.22. The lowest BCUT2D eigenvalue weighted by Gasteiger charge is -2.05. The van der Waals surface area contributed by atoms with Crippen LogP contribution in [-0.4, -0.2) is 16.5 Å². The zero-order chi connectivity index (χ0) is 13.7. The summed E-state index contributed by atoms with van der Waals surface area (Å²) < 4.78 is 14.0. The van der Waals surface area contributed by atoms with Crippen LogP contribution in [0.15, 0.2) is 34.9 Å². The number of aromatic nitrogens is 2. The molecule has 3 nitrogen and oxygen atoms in total. The third-order valence-electron chi connectivity index (χ3n) is 2.57. The van der Waals surface area contributed by atoms with Gasteiger partial charge in [0.25, 0.3) is 0 Å². The topological polar surface area (TPSA) is 37.8 Å². The van der Waals surface area contributed by atoms with Crippen LogP contribution in [0.1, 0.15) is 19.0 Å². The molecule has 0 aliphatic rings. The summed E-state index contributed by atoms with van der Waals surface area (Å²) in [6.07, 6.45) is 2.78. The molecular weight excluding hydrogens is 309 g/mol. The van der Waals surface area contributed by atoms with E-state index in [0.29, 0.717) is 22.4 Å². The third kappa shape index (κ3) is 4.08. The van der Waals surface area contributed by atoms with Crippen molar-refractivity contribution in [3.8, 4) is 11.4 Å². The lowest BCUT2D eigenvalue weighted by molar-refractivity contribution is 0.627. The fourth-order valence-electron chi connectivity index (χ4n) is 1.71. The molecule has 0 unspecified atom stereocenters. The Kier molecular flexibility index (Phi) is 4.99. The Morgan fingerprint density at radius 2 is 2.16 bits per heavy atom. The summed E-state index contributed by atoms with van der Waals surface area (Å²) in [5.74, 6) is 0.235. The summed E-state index contributed by atoms with van der Waals surface area (Å²) in [7, 11) is 0. The normalized spacial score (nSPS) is 10.7. The second-order valence-electron chi connectivity index (χ2n) is 4.21. The number of nitrogens with zero attached hydrogens (tertiary/aromatic N) is 2. The van der Waals surface area contributed by atoms with Gasteiger partial charge in [-0.3, -0.25) is 0 Å². The molecule has 2 aromatic rings. The molecule has 1 heterocycles. The zero-order valence-electron chi connectivity index (χ0n) is 10.7. The van der Waals surface area contributed by atoms with E-state index in [2.05, 4.69) is 38.1 Å². The summed E-state index contributed by atoms with van der Waals surface area (Å²) in [6.45, 7) is 3.76. The maximum Gasteiger partial charge on any atom is 0.159 e. The van der Waals surface area contributed by atoms with Gasteiger partial charge < -0.3 is 5.32 Å². The van der Waals surface area contributed by atoms with Gasteiger partial charge in [0.05, 0.1) is 5.69 Å². The van der Waals surface area contributed by atoms with E-state index in [1.807, 2.05) is 12.1 Å². The Morgan fingerprint density at radius 1 is 1.32 bits per heavy atom. The average molecular weight is 324 g/mol. The van der Waals surface area contributed by atoms with E-state index in [-0.39, 0.29) is 5.82 Å². The van der Waals surface area contributed by atoms with E-state index in [0.717, 1.165) is 18.7 Å². The fraction of sp³-hybridized carbons (Fsp3) is 0.286. The van der Waals surface area contributed by atoms with Crippen LogP contribution in [0.5, 0.6) is 0 Å². The van der Waals surface area contributed by atoms with E-state index in [1.165, 1.54) is 12.1 Å². The van der Waals surface area contributed by atoms with Crippen LogP contribution in [0, 0.1) is 5.82 Å². The summed E-state index contributed by atoms with van der Waals surface area (Å²) in [5.41, 5.74) is 1.57. The SMILES string of the molecule is CCCNCc1ccnc(-c2cc(F)cc(Br)c2)n1. The minimum Gasteiger partial charge on any atom is -0.311 e. The molecule has 0 bridgehead atoms. The number of hydrogen-bond donors (Lipinski definition) is 1. The van der Waals surface area contributed by atoms with Gasteiger partial charge in [0.1, 0.15) is 5.82 Å². The zero-order valence-corrected chi connectivity index (χ0v) is 12.2. The second-order valence-corrected chi connectivity index (χ2v) is 5.12. The van der Waals surface area contributed by atoms with Gasteiger partial charge in [-0.2, -0.15) is 0 Å². The monoisotopic (exact) mass is 323 g/mol. The molecule has 0 amide bonds. The van der Waals surface area contributed by atoms with E-state index >= 15 is 0 Å². The molecule has 0 spiro atoms. The Hall–Kier alpha value is -1.33. The predicted octanol–water partition coefficient (Wildman–Crippen LogP) is 3.54. The maximum absolute atomic E-state index is 13.4. The fourth-order valence-corrected chi connectivity index (χ4v) is 2.18. The van der Waals surface area contributed by atoms with Gasteiger partial charge in [0.2, 0.25) is 0 Å². The molecular formula is C14H15BrFN3. The average Bonchev–Trinajstić information content (AvgIpc) is 2.38. The van der Waals surface area contributed by atoms with Gasteiger partial charge in [0.15, 0.2) is 5.82 Å². The van der Waals surface area contributed by atoms with Gasteiger partial charge in [-0.15, -0.1) is 0 Å². The molecule has 1 N–H and O–H groups in total. The molecule has 0 radical (unpaired) electrons. The highest BCUT2D eigenvalue weighted by atomic mass is 79.9. The van der Waals surface area contributed by atoms with Gasteiger partial charge in [-0.25, -0.2) is 14.4 Å². The Bertz CT molecular complexity index is 540. The number of benzene rings is 1. The number of hydrogen-bond acceptors (Lipinski definition) is 3. The number of nitrogens with one attached hydrogen (secondary N) is 1. The minimum atomic E-state index is -0.303. The molecule has 100 valence electrons. The highest BCUT2D eigenvalue weighted by Gasteiger charge is 2.05. The summed E-state index contributed by atoms with van der Waals surface area (Å²) >= 11 is 3.27. The lowest BCUT2D eigenvalue weighted by Crippen LogP contribution is -2.15. The first kappa shape index (κ1) is 14.1. The van der Waals surface area contributed by atoms with Crippen LogP contribution in [0.25, 0.3) is 11.4 Å². The van der Waals surface area contributed by atoms with Crippen molar-refractivity contribution in [2.45, 2.75) is 19.9 Å². The van der Waals surface area contributed by atoms with Gasteiger partial charge in [0, 0.05) is 22.8 Å². The molecule has 0 fully saturated rings. The van der Waals surface area contributed by atoms with Crippen molar-refractivity contribution < 1.29 is 4.39 Å². The molecule has 0 aliphatic carbocycles. The van der Waals surface area contributed by atoms with Crippen molar-refractivity contribution in [3.63, 3.8) is 0 Å². The molecule has 0 aliphatic heterocycles. The van der Waals surface area contributed by atoms with E-state index < -0.39 is 0 Å². The summed E-state index contributed by atoms with van der Waals surface area (Å²) in [6, 6.07) is 6.52. The van der Waals surface area contributed by atoms with Crippen LogP contribution in [0.4, 0.5) is 4.39 Å². The molecule has 1 aromatic heterocycles. The molecule has 0 atom stereocenters. The highest BCUT2D eigenvalue weighted by Crippen LogP contribution is 2.21. The quantitative estimate of drug-likeness (QED) is 0.855. The molecule has 2 rings (SSSR count). The van der Waals surface area contributed by atoms with Gasteiger partial charge in [-0.05, 0) is 37.2 Å². The maximum atomic E-state index is 13.4. The first-order valence-corrected chi connectivity index (χ1v) is 6.97. The second kappa shape index (κ2) is 6.73. The molecule has 0 saturated carbocycles. The summed E-state index contributed by atoms with van der Waals surface area (Å²) in [4.78, 5) is 8.63. The van der Waals surface area contributed by atoms with E-state index in [4.69, 9.17) is 0 Å². The Morgan fingerprint density at radius 3 is 2.89 bits per heavy atom. The number of rotatable bonds is 5. The van der Waals surface area contributed by atoms with Crippen molar-refractivity contribution in [2.24, 2.45) is 0 Å². The van der Waals surface area contributed by atoms with E-state index in [9.17, 15) is 4.39 Å².